The lowest BCUT2D eigenvalue weighted by molar-refractivity contribution is -0.142. The molecule has 1 aliphatic rings. The van der Waals surface area contributed by atoms with Gasteiger partial charge in [0.1, 0.15) is 0 Å². The van der Waals surface area contributed by atoms with Gasteiger partial charge in [-0.25, -0.2) is 4.79 Å². The molecule has 0 saturated heterocycles. The zero-order chi connectivity index (χ0) is 17.9. The SMILES string of the molecule is O=C(NCCn1nc(C(F)(F)F)c2c1CCCC2)NCc1cccs1. The predicted octanol–water partition coefficient (Wildman–Crippen LogP) is 3.34. The number of hydrogen-bond donors (Lipinski definition) is 2. The Hall–Kier alpha value is -2.03. The van der Waals surface area contributed by atoms with Gasteiger partial charge in [0.15, 0.2) is 5.69 Å². The summed E-state index contributed by atoms with van der Waals surface area (Å²) in [6.45, 7) is 0.880. The lowest BCUT2D eigenvalue weighted by atomic mass is 9.95. The topological polar surface area (TPSA) is 59.0 Å². The number of fused-ring (bicyclic) bond motifs is 1. The maximum Gasteiger partial charge on any atom is 0.435 e. The van der Waals surface area contributed by atoms with E-state index in [4.69, 9.17) is 0 Å². The molecule has 0 radical (unpaired) electrons. The molecule has 0 aliphatic heterocycles. The van der Waals surface area contributed by atoms with Crippen LogP contribution in [0.1, 0.15) is 34.7 Å². The van der Waals surface area contributed by atoms with Crippen LogP contribution in [0, 0.1) is 0 Å². The molecule has 25 heavy (non-hydrogen) atoms. The summed E-state index contributed by atoms with van der Waals surface area (Å²) in [6.07, 6.45) is -1.80. The van der Waals surface area contributed by atoms with Gasteiger partial charge < -0.3 is 10.6 Å². The second kappa shape index (κ2) is 7.47. The molecule has 0 unspecified atom stereocenters. The van der Waals surface area contributed by atoms with Gasteiger partial charge in [-0.05, 0) is 37.1 Å². The first-order valence-electron chi connectivity index (χ1n) is 8.15. The fraction of sp³-hybridized carbons (Fsp3) is 0.500. The third-order valence-corrected chi connectivity index (χ3v) is 5.01. The zero-order valence-electron chi connectivity index (χ0n) is 13.5. The Morgan fingerprint density at radius 2 is 2.08 bits per heavy atom. The van der Waals surface area contributed by atoms with Crippen LogP contribution in [0.25, 0.3) is 0 Å². The van der Waals surface area contributed by atoms with E-state index in [1.807, 2.05) is 17.5 Å². The van der Waals surface area contributed by atoms with Gasteiger partial charge in [0.25, 0.3) is 0 Å². The summed E-state index contributed by atoms with van der Waals surface area (Å²) in [7, 11) is 0. The number of nitrogens with zero attached hydrogens (tertiary/aromatic N) is 2. The van der Waals surface area contributed by atoms with E-state index in [0.717, 1.165) is 17.7 Å². The molecule has 0 fully saturated rings. The molecule has 5 nitrogen and oxygen atoms in total. The summed E-state index contributed by atoms with van der Waals surface area (Å²) in [5, 5.41) is 11.1. The van der Waals surface area contributed by atoms with E-state index in [1.165, 1.54) is 4.68 Å². The Balaban J connectivity index is 1.56. The van der Waals surface area contributed by atoms with E-state index in [-0.39, 0.29) is 19.1 Å². The number of carbonyl (C=O) groups excluding carboxylic acids is 1. The van der Waals surface area contributed by atoms with Gasteiger partial charge in [-0.2, -0.15) is 18.3 Å². The van der Waals surface area contributed by atoms with Crippen molar-refractivity contribution in [3.8, 4) is 0 Å². The summed E-state index contributed by atoms with van der Waals surface area (Å²) in [6, 6.07) is 3.48. The molecule has 136 valence electrons. The Morgan fingerprint density at radius 3 is 2.80 bits per heavy atom. The highest BCUT2D eigenvalue weighted by molar-refractivity contribution is 7.09. The number of nitrogens with one attached hydrogen (secondary N) is 2. The standard InChI is InChI=1S/C16H19F3N4OS/c17-16(18,19)14-12-5-1-2-6-13(12)23(22-14)8-7-20-15(24)21-10-11-4-3-9-25-11/h3-4,9H,1-2,5-8,10H2,(H2,20,21,24). The van der Waals surface area contributed by atoms with Crippen molar-refractivity contribution in [2.75, 3.05) is 6.54 Å². The third-order valence-electron chi connectivity index (χ3n) is 4.14. The Kier molecular flexibility index (Phi) is 5.31. The van der Waals surface area contributed by atoms with Crippen LogP contribution in [0.4, 0.5) is 18.0 Å². The highest BCUT2D eigenvalue weighted by Gasteiger charge is 2.39. The number of carbonyl (C=O) groups is 1. The summed E-state index contributed by atoms with van der Waals surface area (Å²) >= 11 is 1.54. The quantitative estimate of drug-likeness (QED) is 0.846. The normalized spacial score (nSPS) is 14.2. The van der Waals surface area contributed by atoms with Crippen molar-refractivity contribution in [2.24, 2.45) is 0 Å². The van der Waals surface area contributed by atoms with Crippen molar-refractivity contribution in [3.05, 3.63) is 39.3 Å². The van der Waals surface area contributed by atoms with Gasteiger partial charge in [0, 0.05) is 22.7 Å². The van der Waals surface area contributed by atoms with Crippen LogP contribution in [0.2, 0.25) is 0 Å². The maximum absolute atomic E-state index is 13.1. The van der Waals surface area contributed by atoms with Crippen LogP contribution in [0.15, 0.2) is 17.5 Å². The van der Waals surface area contributed by atoms with Crippen molar-refractivity contribution in [3.63, 3.8) is 0 Å². The fourth-order valence-corrected chi connectivity index (χ4v) is 3.65. The molecular weight excluding hydrogens is 353 g/mol. The van der Waals surface area contributed by atoms with Crippen molar-refractivity contribution < 1.29 is 18.0 Å². The second-order valence-electron chi connectivity index (χ2n) is 5.89. The highest BCUT2D eigenvalue weighted by atomic mass is 32.1. The molecule has 0 saturated carbocycles. The highest BCUT2D eigenvalue weighted by Crippen LogP contribution is 2.35. The number of rotatable bonds is 5. The molecule has 1 aliphatic carbocycles. The van der Waals surface area contributed by atoms with Crippen molar-refractivity contribution >= 4 is 17.4 Å². The minimum Gasteiger partial charge on any atom is -0.336 e. The lowest BCUT2D eigenvalue weighted by Gasteiger charge is -2.15. The number of amides is 2. The van der Waals surface area contributed by atoms with Gasteiger partial charge in [-0.1, -0.05) is 6.07 Å². The molecular formula is C16H19F3N4OS. The van der Waals surface area contributed by atoms with Gasteiger partial charge in [0.2, 0.25) is 0 Å². The number of urea groups is 1. The van der Waals surface area contributed by atoms with Crippen LogP contribution in [0.3, 0.4) is 0 Å². The number of alkyl halides is 3. The van der Waals surface area contributed by atoms with Crippen molar-refractivity contribution in [2.45, 2.75) is 44.9 Å². The molecule has 0 spiro atoms. The zero-order valence-corrected chi connectivity index (χ0v) is 14.3. The largest absolute Gasteiger partial charge is 0.435 e. The number of halogens is 3. The van der Waals surface area contributed by atoms with E-state index in [9.17, 15) is 18.0 Å². The van der Waals surface area contributed by atoms with E-state index < -0.39 is 11.9 Å². The number of thiophene rings is 1. The summed E-state index contributed by atoms with van der Waals surface area (Å²) in [5.74, 6) is 0. The summed E-state index contributed by atoms with van der Waals surface area (Å²) in [4.78, 5) is 12.8. The molecule has 9 heteroatoms. The van der Waals surface area contributed by atoms with E-state index in [1.54, 1.807) is 11.3 Å². The minimum atomic E-state index is -4.43. The maximum atomic E-state index is 13.1. The Bertz CT molecular complexity index is 725. The lowest BCUT2D eigenvalue weighted by Crippen LogP contribution is -2.37. The Labute approximate surface area is 147 Å². The first-order chi connectivity index (χ1) is 11.9. The fourth-order valence-electron chi connectivity index (χ4n) is 3.00. The average Bonchev–Trinajstić information content (AvgIpc) is 3.20. The van der Waals surface area contributed by atoms with Gasteiger partial charge in [0.05, 0.1) is 13.1 Å². The molecule has 0 bridgehead atoms. The third kappa shape index (κ3) is 4.33. The van der Waals surface area contributed by atoms with Crippen LogP contribution >= 0.6 is 11.3 Å². The molecule has 2 aromatic heterocycles. The first kappa shape index (κ1) is 17.8. The molecule has 0 aromatic carbocycles. The molecule has 2 amide bonds. The molecule has 2 N–H and O–H groups in total. The average molecular weight is 372 g/mol. The molecule has 0 atom stereocenters. The van der Waals surface area contributed by atoms with E-state index in [2.05, 4.69) is 15.7 Å². The first-order valence-corrected chi connectivity index (χ1v) is 9.03. The number of hydrogen-bond acceptors (Lipinski definition) is 3. The predicted molar refractivity (Wildman–Crippen MR) is 88.4 cm³/mol. The summed E-state index contributed by atoms with van der Waals surface area (Å²) < 4.78 is 40.8. The molecule has 3 rings (SSSR count). The smallest absolute Gasteiger partial charge is 0.336 e. The van der Waals surface area contributed by atoms with Crippen molar-refractivity contribution in [1.29, 1.82) is 0 Å². The Morgan fingerprint density at radius 1 is 1.28 bits per heavy atom. The van der Waals surface area contributed by atoms with Crippen LogP contribution in [-0.2, 0) is 32.1 Å². The molecule has 2 aromatic rings. The van der Waals surface area contributed by atoms with Crippen LogP contribution in [-0.4, -0.2) is 22.4 Å². The van der Waals surface area contributed by atoms with E-state index in [0.29, 0.717) is 30.6 Å². The van der Waals surface area contributed by atoms with Gasteiger partial charge in [-0.3, -0.25) is 4.68 Å². The van der Waals surface area contributed by atoms with Crippen molar-refractivity contribution in [1.82, 2.24) is 20.4 Å². The molecule has 2 heterocycles. The van der Waals surface area contributed by atoms with Crippen LogP contribution in [0.5, 0.6) is 0 Å². The van der Waals surface area contributed by atoms with Crippen LogP contribution < -0.4 is 10.6 Å². The summed E-state index contributed by atoms with van der Waals surface area (Å²) in [5.41, 5.74) is 0.199. The van der Waals surface area contributed by atoms with Gasteiger partial charge in [-0.15, -0.1) is 11.3 Å². The minimum absolute atomic E-state index is 0.224. The van der Waals surface area contributed by atoms with Gasteiger partial charge >= 0.3 is 12.2 Å². The van der Waals surface area contributed by atoms with E-state index >= 15 is 0 Å². The second-order valence-corrected chi connectivity index (χ2v) is 6.92. The monoisotopic (exact) mass is 372 g/mol. The number of aromatic nitrogens is 2.